The summed E-state index contributed by atoms with van der Waals surface area (Å²) in [4.78, 5) is 18.6. The maximum Gasteiger partial charge on any atom is 0.251 e. The number of aryl methyl sites for hydroxylation is 1. The molecule has 0 atom stereocenters. The van der Waals surface area contributed by atoms with Gasteiger partial charge in [0.1, 0.15) is 0 Å². The Bertz CT molecular complexity index is 681. The molecule has 1 aromatic heterocycles. The number of benzene rings is 1. The highest BCUT2D eigenvalue weighted by Crippen LogP contribution is 2.27. The van der Waals surface area contributed by atoms with Crippen LogP contribution in [0.4, 0.5) is 0 Å². The molecule has 7 heteroatoms. The number of nitrogens with one attached hydrogen (secondary N) is 1. The van der Waals surface area contributed by atoms with Crippen molar-refractivity contribution in [1.29, 1.82) is 0 Å². The lowest BCUT2D eigenvalue weighted by molar-refractivity contribution is 0.318. The molecule has 0 amide bonds. The highest BCUT2D eigenvalue weighted by molar-refractivity contribution is 7.99. The van der Waals surface area contributed by atoms with Crippen molar-refractivity contribution < 1.29 is 5.21 Å². The fourth-order valence-electron chi connectivity index (χ4n) is 1.49. The molecule has 4 N–H and O–H groups in total. The quantitative estimate of drug-likeness (QED) is 0.258. The number of rotatable bonds is 3. The van der Waals surface area contributed by atoms with Gasteiger partial charge < -0.3 is 15.9 Å². The van der Waals surface area contributed by atoms with Crippen LogP contribution >= 0.6 is 11.8 Å². The van der Waals surface area contributed by atoms with Crippen molar-refractivity contribution in [3.05, 3.63) is 51.9 Å². The van der Waals surface area contributed by atoms with E-state index in [0.717, 1.165) is 10.5 Å². The summed E-state index contributed by atoms with van der Waals surface area (Å²) in [6.45, 7) is 1.91. The normalized spacial score (nSPS) is 11.5. The van der Waals surface area contributed by atoms with Crippen molar-refractivity contribution in [2.45, 2.75) is 17.0 Å². The zero-order valence-corrected chi connectivity index (χ0v) is 10.9. The van der Waals surface area contributed by atoms with Crippen LogP contribution in [-0.2, 0) is 0 Å². The van der Waals surface area contributed by atoms with Gasteiger partial charge in [0.15, 0.2) is 11.0 Å². The summed E-state index contributed by atoms with van der Waals surface area (Å²) < 4.78 is 0. The van der Waals surface area contributed by atoms with Crippen LogP contribution in [0.2, 0.25) is 0 Å². The number of hydrogen-bond donors (Lipinski definition) is 3. The van der Waals surface area contributed by atoms with Crippen LogP contribution in [0.25, 0.3) is 0 Å². The monoisotopic (exact) mass is 276 g/mol. The van der Waals surface area contributed by atoms with Crippen LogP contribution in [0.5, 0.6) is 0 Å². The van der Waals surface area contributed by atoms with Crippen LogP contribution < -0.4 is 11.3 Å². The Balaban J connectivity index is 2.42. The minimum absolute atomic E-state index is 0.0180. The van der Waals surface area contributed by atoms with E-state index in [1.807, 2.05) is 19.1 Å². The molecule has 0 radical (unpaired) electrons. The number of nitrogens with two attached hydrogens (primary N) is 1. The van der Waals surface area contributed by atoms with Crippen molar-refractivity contribution in [1.82, 2.24) is 9.97 Å². The van der Waals surface area contributed by atoms with Crippen LogP contribution in [0.3, 0.4) is 0 Å². The molecule has 0 fully saturated rings. The molecule has 98 valence electrons. The van der Waals surface area contributed by atoms with Gasteiger partial charge in [-0.2, -0.15) is 0 Å². The Hall–Kier alpha value is -2.28. The first-order chi connectivity index (χ1) is 9.10. The van der Waals surface area contributed by atoms with Crippen molar-refractivity contribution in [2.75, 3.05) is 0 Å². The third-order valence-electron chi connectivity index (χ3n) is 2.37. The van der Waals surface area contributed by atoms with Gasteiger partial charge in [0.05, 0.1) is 0 Å². The van der Waals surface area contributed by atoms with E-state index in [0.29, 0.717) is 10.7 Å². The van der Waals surface area contributed by atoms with Crippen LogP contribution in [0.15, 0.2) is 50.5 Å². The van der Waals surface area contributed by atoms with Crippen molar-refractivity contribution in [2.24, 2.45) is 10.9 Å². The fraction of sp³-hybridized carbons (Fsp3) is 0.0833. The Morgan fingerprint density at radius 1 is 1.47 bits per heavy atom. The largest absolute Gasteiger partial charge is 0.409 e. The van der Waals surface area contributed by atoms with Crippen molar-refractivity contribution in [3.63, 3.8) is 0 Å². The molecular weight excluding hydrogens is 264 g/mol. The smallest absolute Gasteiger partial charge is 0.251 e. The first kappa shape index (κ1) is 13.2. The lowest BCUT2D eigenvalue weighted by atomic mass is 10.1. The van der Waals surface area contributed by atoms with Gasteiger partial charge in [-0.3, -0.25) is 4.79 Å². The van der Waals surface area contributed by atoms with Gasteiger partial charge in [-0.15, -0.1) is 0 Å². The van der Waals surface area contributed by atoms with Crippen LogP contribution in [-0.4, -0.2) is 21.0 Å². The van der Waals surface area contributed by atoms with E-state index in [9.17, 15) is 4.79 Å². The summed E-state index contributed by atoms with van der Waals surface area (Å²) >= 11 is 1.24. The highest BCUT2D eigenvalue weighted by Gasteiger charge is 2.10. The second kappa shape index (κ2) is 5.57. The molecule has 1 heterocycles. The first-order valence-corrected chi connectivity index (χ1v) is 6.23. The summed E-state index contributed by atoms with van der Waals surface area (Å²) in [7, 11) is 0. The SMILES string of the molecule is Cc1ccc(Sc2nccc(=O)[nH]2)c(/C(N)=N/O)c1. The number of H-pyrrole nitrogens is 1. The molecule has 0 saturated heterocycles. The average molecular weight is 276 g/mol. The molecule has 0 bridgehead atoms. The summed E-state index contributed by atoms with van der Waals surface area (Å²) in [5.41, 5.74) is 7.00. The zero-order valence-electron chi connectivity index (χ0n) is 10.1. The Morgan fingerprint density at radius 3 is 2.95 bits per heavy atom. The molecule has 0 unspecified atom stereocenters. The number of aromatic amines is 1. The maximum atomic E-state index is 11.2. The van der Waals surface area contributed by atoms with E-state index in [2.05, 4.69) is 15.1 Å². The minimum atomic E-state index is -0.227. The van der Waals surface area contributed by atoms with Crippen molar-refractivity contribution >= 4 is 17.6 Å². The summed E-state index contributed by atoms with van der Waals surface area (Å²) in [6.07, 6.45) is 1.43. The van der Waals surface area contributed by atoms with Crippen LogP contribution in [0.1, 0.15) is 11.1 Å². The summed E-state index contributed by atoms with van der Waals surface area (Å²) in [5, 5.41) is 12.2. The minimum Gasteiger partial charge on any atom is -0.409 e. The van der Waals surface area contributed by atoms with Crippen LogP contribution in [0, 0.1) is 6.92 Å². The van der Waals surface area contributed by atoms with Crippen molar-refractivity contribution in [3.8, 4) is 0 Å². The van der Waals surface area contributed by atoms with E-state index in [-0.39, 0.29) is 11.4 Å². The molecule has 0 aliphatic rings. The van der Waals surface area contributed by atoms with Gasteiger partial charge in [-0.05, 0) is 19.1 Å². The summed E-state index contributed by atoms with van der Waals surface area (Å²) in [6, 6.07) is 6.87. The van der Waals surface area contributed by atoms with Gasteiger partial charge in [0.25, 0.3) is 5.56 Å². The summed E-state index contributed by atoms with van der Waals surface area (Å²) in [5.74, 6) is 0.0180. The number of amidine groups is 1. The van der Waals surface area contributed by atoms with E-state index in [1.165, 1.54) is 24.0 Å². The molecule has 2 rings (SSSR count). The van der Waals surface area contributed by atoms with Gasteiger partial charge in [-0.25, -0.2) is 4.98 Å². The highest BCUT2D eigenvalue weighted by atomic mass is 32.2. The second-order valence-corrected chi connectivity index (χ2v) is 4.86. The first-order valence-electron chi connectivity index (χ1n) is 5.42. The molecule has 0 spiro atoms. The van der Waals surface area contributed by atoms with Gasteiger partial charge >= 0.3 is 0 Å². The molecule has 1 aromatic carbocycles. The molecule has 2 aromatic rings. The van der Waals surface area contributed by atoms with E-state index < -0.39 is 0 Å². The third kappa shape index (κ3) is 3.14. The number of nitrogens with zero attached hydrogens (tertiary/aromatic N) is 2. The van der Waals surface area contributed by atoms with Gasteiger partial charge in [0.2, 0.25) is 0 Å². The average Bonchev–Trinajstić information content (AvgIpc) is 2.40. The standard InChI is InChI=1S/C12H12N4O2S/c1-7-2-3-9(8(6-7)11(13)16-18)19-12-14-5-4-10(17)15-12/h2-6,18H,1H3,(H2,13,16)(H,14,15,17). The zero-order chi connectivity index (χ0) is 13.8. The topological polar surface area (TPSA) is 104 Å². The predicted molar refractivity (Wildman–Crippen MR) is 72.7 cm³/mol. The van der Waals surface area contributed by atoms with E-state index in [4.69, 9.17) is 10.9 Å². The number of hydrogen-bond acceptors (Lipinski definition) is 5. The Labute approximate surface area is 113 Å². The molecule has 0 aliphatic heterocycles. The molecule has 19 heavy (non-hydrogen) atoms. The lowest BCUT2D eigenvalue weighted by Crippen LogP contribution is -2.14. The lowest BCUT2D eigenvalue weighted by Gasteiger charge is -2.08. The fourth-order valence-corrected chi connectivity index (χ4v) is 2.38. The predicted octanol–water partition coefficient (Wildman–Crippen LogP) is 1.32. The third-order valence-corrected chi connectivity index (χ3v) is 3.35. The molecule has 0 aliphatic carbocycles. The maximum absolute atomic E-state index is 11.2. The second-order valence-electron chi connectivity index (χ2n) is 3.83. The van der Waals surface area contributed by atoms with Gasteiger partial charge in [-0.1, -0.05) is 28.5 Å². The molecule has 6 nitrogen and oxygen atoms in total. The van der Waals surface area contributed by atoms with E-state index >= 15 is 0 Å². The Morgan fingerprint density at radius 2 is 2.26 bits per heavy atom. The van der Waals surface area contributed by atoms with Gasteiger partial charge in [0, 0.05) is 22.7 Å². The molecular formula is C12H12N4O2S. The number of oxime groups is 1. The molecule has 0 saturated carbocycles. The van der Waals surface area contributed by atoms with E-state index in [1.54, 1.807) is 6.07 Å². The number of aromatic nitrogens is 2. The Kier molecular flexibility index (Phi) is 3.86.